The van der Waals surface area contributed by atoms with Crippen LogP contribution in [0.4, 0.5) is 0 Å². The second kappa shape index (κ2) is 4.12. The third kappa shape index (κ3) is 2.64. The molecule has 1 aliphatic heterocycles. The van der Waals surface area contributed by atoms with E-state index in [1.807, 2.05) is 19.1 Å². The second-order valence-electron chi connectivity index (χ2n) is 3.50. The number of hydrogen-bond donors (Lipinski definition) is 0. The lowest BCUT2D eigenvalue weighted by Crippen LogP contribution is -2.42. The molecule has 0 atom stereocenters. The van der Waals surface area contributed by atoms with Crippen molar-refractivity contribution >= 4 is 23.3 Å². The number of morpholine rings is 1. The van der Waals surface area contributed by atoms with Crippen LogP contribution in [0.3, 0.4) is 0 Å². The Bertz CT molecular complexity index is 383. The predicted molar refractivity (Wildman–Crippen MR) is 55.4 cm³/mol. The van der Waals surface area contributed by atoms with Gasteiger partial charge in [-0.25, -0.2) is 0 Å². The molecule has 1 aromatic heterocycles. The lowest BCUT2D eigenvalue weighted by molar-refractivity contribution is -0.167. The number of carbonyl (C=O) groups excluding carboxylic acids is 2. The molecule has 1 aliphatic rings. The van der Waals surface area contributed by atoms with E-state index < -0.39 is 11.9 Å². The summed E-state index contributed by atoms with van der Waals surface area (Å²) < 4.78 is 4.44. The molecule has 5 heteroatoms. The van der Waals surface area contributed by atoms with E-state index in [9.17, 15) is 9.59 Å². The molecule has 0 spiro atoms. The molecular weight excluding hydrogens is 214 g/mol. The normalized spacial score (nSPS) is 17.9. The number of hydrogen-bond acceptors (Lipinski definition) is 5. The molecule has 1 fully saturated rings. The first-order chi connectivity index (χ1) is 7.13. The number of ether oxygens (including phenoxy) is 1. The van der Waals surface area contributed by atoms with Crippen LogP contribution in [0.2, 0.25) is 0 Å². The summed E-state index contributed by atoms with van der Waals surface area (Å²) in [7, 11) is 0. The molecule has 0 aromatic carbocycles. The summed E-state index contributed by atoms with van der Waals surface area (Å²) in [5.74, 6) is -0.918. The number of aryl methyl sites for hydroxylation is 1. The van der Waals surface area contributed by atoms with Crippen molar-refractivity contribution in [3.05, 3.63) is 21.9 Å². The number of esters is 2. The van der Waals surface area contributed by atoms with Gasteiger partial charge in [-0.15, -0.1) is 11.3 Å². The van der Waals surface area contributed by atoms with Crippen molar-refractivity contribution in [2.45, 2.75) is 13.5 Å². The molecule has 0 radical (unpaired) electrons. The van der Waals surface area contributed by atoms with E-state index in [2.05, 4.69) is 4.74 Å². The van der Waals surface area contributed by atoms with Crippen molar-refractivity contribution in [2.24, 2.45) is 0 Å². The maximum absolute atomic E-state index is 11.0. The van der Waals surface area contributed by atoms with Crippen molar-refractivity contribution in [1.82, 2.24) is 4.90 Å². The van der Waals surface area contributed by atoms with Gasteiger partial charge in [0.1, 0.15) is 0 Å². The zero-order valence-corrected chi connectivity index (χ0v) is 9.17. The molecular formula is C10H11NO3S. The van der Waals surface area contributed by atoms with Gasteiger partial charge in [0.2, 0.25) is 0 Å². The van der Waals surface area contributed by atoms with Crippen LogP contribution in [-0.2, 0) is 20.9 Å². The fourth-order valence-electron chi connectivity index (χ4n) is 1.51. The maximum atomic E-state index is 11.0. The number of cyclic esters (lactones) is 2. The topological polar surface area (TPSA) is 46.6 Å². The Balaban J connectivity index is 2.00. The highest BCUT2D eigenvalue weighted by Crippen LogP contribution is 2.17. The van der Waals surface area contributed by atoms with Crippen molar-refractivity contribution in [1.29, 1.82) is 0 Å². The molecule has 0 saturated carbocycles. The van der Waals surface area contributed by atoms with Gasteiger partial charge in [0.15, 0.2) is 0 Å². The first-order valence-corrected chi connectivity index (χ1v) is 5.46. The van der Waals surface area contributed by atoms with Crippen LogP contribution in [0.15, 0.2) is 12.1 Å². The fourth-order valence-corrected chi connectivity index (χ4v) is 2.45. The molecule has 4 nitrogen and oxygen atoms in total. The lowest BCUT2D eigenvalue weighted by Gasteiger charge is -2.23. The molecule has 0 amide bonds. The Morgan fingerprint density at radius 1 is 1.33 bits per heavy atom. The number of nitrogens with zero attached hydrogens (tertiary/aromatic N) is 1. The third-order valence-corrected chi connectivity index (χ3v) is 3.09. The predicted octanol–water partition coefficient (Wildman–Crippen LogP) is 0.942. The highest BCUT2D eigenvalue weighted by molar-refractivity contribution is 7.11. The second-order valence-corrected chi connectivity index (χ2v) is 4.88. The molecule has 2 rings (SSSR count). The van der Waals surface area contributed by atoms with Crippen LogP contribution in [0.1, 0.15) is 9.75 Å². The monoisotopic (exact) mass is 225 g/mol. The number of rotatable bonds is 2. The summed E-state index contributed by atoms with van der Waals surface area (Å²) in [6.45, 7) is 3.06. The summed E-state index contributed by atoms with van der Waals surface area (Å²) in [6, 6.07) is 4.05. The van der Waals surface area contributed by atoms with Gasteiger partial charge in [-0.05, 0) is 19.1 Å². The molecule has 2 heterocycles. The number of thiophene rings is 1. The molecule has 0 aliphatic carbocycles. The van der Waals surface area contributed by atoms with E-state index in [0.717, 1.165) is 4.88 Å². The molecule has 1 aromatic rings. The minimum atomic E-state index is -0.459. The standard InChI is InChI=1S/C10H11NO3S/c1-7-2-3-8(15-7)4-11-5-9(12)14-10(13)6-11/h2-3H,4-6H2,1H3. The van der Waals surface area contributed by atoms with Gasteiger partial charge in [0.25, 0.3) is 0 Å². The Morgan fingerprint density at radius 2 is 2.00 bits per heavy atom. The van der Waals surface area contributed by atoms with E-state index in [0.29, 0.717) is 6.54 Å². The van der Waals surface area contributed by atoms with Crippen molar-refractivity contribution in [3.63, 3.8) is 0 Å². The van der Waals surface area contributed by atoms with E-state index in [-0.39, 0.29) is 13.1 Å². The number of carbonyl (C=O) groups is 2. The van der Waals surface area contributed by atoms with Gasteiger partial charge in [-0.3, -0.25) is 14.5 Å². The average Bonchev–Trinajstić information content (AvgIpc) is 2.49. The third-order valence-electron chi connectivity index (χ3n) is 2.11. The highest BCUT2D eigenvalue weighted by atomic mass is 32.1. The van der Waals surface area contributed by atoms with E-state index in [1.54, 1.807) is 16.2 Å². The SMILES string of the molecule is Cc1ccc(CN2CC(=O)OC(=O)C2)s1. The first kappa shape index (κ1) is 10.3. The summed E-state index contributed by atoms with van der Waals surface area (Å²) in [6.07, 6.45) is 0. The quantitative estimate of drug-likeness (QED) is 0.555. The van der Waals surface area contributed by atoms with E-state index in [4.69, 9.17) is 0 Å². The highest BCUT2D eigenvalue weighted by Gasteiger charge is 2.24. The van der Waals surface area contributed by atoms with E-state index >= 15 is 0 Å². The van der Waals surface area contributed by atoms with Crippen LogP contribution in [0.5, 0.6) is 0 Å². The Kier molecular flexibility index (Phi) is 2.83. The molecule has 15 heavy (non-hydrogen) atoms. The molecule has 1 saturated heterocycles. The van der Waals surface area contributed by atoms with Crippen LogP contribution in [-0.4, -0.2) is 29.9 Å². The van der Waals surface area contributed by atoms with Gasteiger partial charge in [-0.1, -0.05) is 0 Å². The van der Waals surface area contributed by atoms with E-state index in [1.165, 1.54) is 4.88 Å². The zero-order chi connectivity index (χ0) is 10.8. The summed E-state index contributed by atoms with van der Waals surface area (Å²) in [5, 5.41) is 0. The van der Waals surface area contributed by atoms with Crippen LogP contribution >= 0.6 is 11.3 Å². The van der Waals surface area contributed by atoms with Crippen LogP contribution in [0, 0.1) is 6.92 Å². The Morgan fingerprint density at radius 3 is 2.53 bits per heavy atom. The largest absolute Gasteiger partial charge is 0.391 e. The van der Waals surface area contributed by atoms with Gasteiger partial charge in [0.05, 0.1) is 13.1 Å². The zero-order valence-electron chi connectivity index (χ0n) is 8.36. The van der Waals surface area contributed by atoms with Gasteiger partial charge in [-0.2, -0.15) is 0 Å². The fraction of sp³-hybridized carbons (Fsp3) is 0.400. The van der Waals surface area contributed by atoms with Crippen LogP contribution in [0.25, 0.3) is 0 Å². The lowest BCUT2D eigenvalue weighted by atomic mass is 10.3. The first-order valence-electron chi connectivity index (χ1n) is 4.64. The van der Waals surface area contributed by atoms with Crippen molar-refractivity contribution < 1.29 is 14.3 Å². The van der Waals surface area contributed by atoms with Crippen molar-refractivity contribution in [2.75, 3.05) is 13.1 Å². The summed E-state index contributed by atoms with van der Waals surface area (Å²) >= 11 is 1.68. The van der Waals surface area contributed by atoms with Gasteiger partial charge < -0.3 is 4.74 Å². The molecule has 0 unspecified atom stereocenters. The van der Waals surface area contributed by atoms with Crippen molar-refractivity contribution in [3.8, 4) is 0 Å². The van der Waals surface area contributed by atoms with Crippen LogP contribution < -0.4 is 0 Å². The summed E-state index contributed by atoms with van der Waals surface area (Å²) in [5.41, 5.74) is 0. The molecule has 0 N–H and O–H groups in total. The minimum Gasteiger partial charge on any atom is -0.391 e. The Hall–Kier alpha value is -1.20. The Labute approximate surface area is 91.5 Å². The maximum Gasteiger partial charge on any atom is 0.327 e. The van der Waals surface area contributed by atoms with Gasteiger partial charge >= 0.3 is 11.9 Å². The summed E-state index contributed by atoms with van der Waals surface area (Å²) in [4.78, 5) is 26.2. The molecule has 0 bridgehead atoms. The smallest absolute Gasteiger partial charge is 0.327 e. The average molecular weight is 225 g/mol. The van der Waals surface area contributed by atoms with Gasteiger partial charge in [0, 0.05) is 16.3 Å². The minimum absolute atomic E-state index is 0.197. The molecule has 80 valence electrons.